The zero-order chi connectivity index (χ0) is 22.6. The minimum atomic E-state index is -2.99. The molecule has 0 fully saturated rings. The average molecular weight is 448 g/mol. The predicted molar refractivity (Wildman–Crippen MR) is 125 cm³/mol. The van der Waals surface area contributed by atoms with Gasteiger partial charge in [-0.25, -0.2) is 14.5 Å². The fourth-order valence-corrected chi connectivity index (χ4v) is 4.96. The summed E-state index contributed by atoms with van der Waals surface area (Å²) >= 11 is 0. The summed E-state index contributed by atoms with van der Waals surface area (Å²) in [7, 11) is -1.45. The number of aromatic amines is 1. The minimum absolute atomic E-state index is 0.0591. The zero-order valence-electron chi connectivity index (χ0n) is 18.0. The second kappa shape index (κ2) is 7.21. The van der Waals surface area contributed by atoms with Crippen LogP contribution in [-0.4, -0.2) is 40.0 Å². The van der Waals surface area contributed by atoms with Gasteiger partial charge in [0, 0.05) is 11.3 Å². The smallest absolute Gasteiger partial charge is 0.286 e. The van der Waals surface area contributed by atoms with Crippen molar-refractivity contribution in [3.8, 4) is 28.3 Å². The van der Waals surface area contributed by atoms with E-state index in [1.807, 2.05) is 37.3 Å². The van der Waals surface area contributed by atoms with Crippen molar-refractivity contribution in [1.29, 1.82) is 0 Å². The van der Waals surface area contributed by atoms with E-state index in [9.17, 15) is 9.36 Å². The fourth-order valence-electron chi connectivity index (χ4n) is 3.89. The summed E-state index contributed by atoms with van der Waals surface area (Å²) in [6.45, 7) is 5.04. The molecule has 0 saturated carbocycles. The van der Waals surface area contributed by atoms with Crippen LogP contribution in [0.15, 0.2) is 57.7 Å². The van der Waals surface area contributed by atoms with Gasteiger partial charge in [-0.2, -0.15) is 0 Å². The normalized spacial score (nSPS) is 12.0. The van der Waals surface area contributed by atoms with E-state index in [-0.39, 0.29) is 16.9 Å². The van der Waals surface area contributed by atoms with Gasteiger partial charge in [0.25, 0.3) is 5.56 Å². The second-order valence-corrected chi connectivity index (χ2v) is 11.1. The van der Waals surface area contributed by atoms with Crippen LogP contribution in [0.1, 0.15) is 5.69 Å². The van der Waals surface area contributed by atoms with E-state index in [4.69, 9.17) is 14.1 Å². The van der Waals surface area contributed by atoms with Crippen LogP contribution in [0.2, 0.25) is 0 Å². The Labute approximate surface area is 183 Å². The Morgan fingerprint density at radius 3 is 2.47 bits per heavy atom. The lowest BCUT2D eigenvalue weighted by Gasteiger charge is -2.11. The molecule has 32 heavy (non-hydrogen) atoms. The van der Waals surface area contributed by atoms with E-state index in [0.29, 0.717) is 22.5 Å². The van der Waals surface area contributed by atoms with Gasteiger partial charge < -0.3 is 13.7 Å². The van der Waals surface area contributed by atoms with Gasteiger partial charge in [0.15, 0.2) is 16.7 Å². The molecule has 3 aromatic heterocycles. The summed E-state index contributed by atoms with van der Waals surface area (Å²) in [5.74, 6) is 0.579. The number of nitrogens with one attached hydrogen (secondary N) is 1. The van der Waals surface area contributed by atoms with Crippen molar-refractivity contribution in [2.24, 2.45) is 0 Å². The van der Waals surface area contributed by atoms with Crippen LogP contribution in [-0.2, 0) is 4.57 Å². The van der Waals surface area contributed by atoms with E-state index in [1.165, 1.54) is 11.6 Å². The van der Waals surface area contributed by atoms with E-state index in [0.717, 1.165) is 16.8 Å². The summed E-state index contributed by atoms with van der Waals surface area (Å²) in [5.41, 5.74) is 3.65. The van der Waals surface area contributed by atoms with Crippen LogP contribution in [0, 0.1) is 6.92 Å². The number of hydrogen-bond acceptors (Lipinski definition) is 6. The molecule has 0 bridgehead atoms. The number of hydrogen-bond donors (Lipinski definition) is 1. The summed E-state index contributed by atoms with van der Waals surface area (Å²) in [5, 5.41) is 3.10. The van der Waals surface area contributed by atoms with Gasteiger partial charge >= 0.3 is 0 Å². The first kappa shape index (κ1) is 20.3. The van der Waals surface area contributed by atoms with Crippen LogP contribution in [0.25, 0.3) is 39.3 Å². The summed E-state index contributed by atoms with van der Waals surface area (Å²) in [6.07, 6.45) is 0. The number of methoxy groups -OCH3 is 1. The van der Waals surface area contributed by atoms with Crippen LogP contribution >= 0.6 is 7.14 Å². The maximum Gasteiger partial charge on any atom is 0.286 e. The van der Waals surface area contributed by atoms with Crippen LogP contribution in [0.3, 0.4) is 0 Å². The van der Waals surface area contributed by atoms with Crippen LogP contribution in [0.4, 0.5) is 0 Å². The molecule has 5 aromatic rings. The third kappa shape index (κ3) is 3.07. The highest BCUT2D eigenvalue weighted by Gasteiger charge is 2.29. The Balaban J connectivity index is 1.88. The van der Waals surface area contributed by atoms with Gasteiger partial charge in [0.05, 0.1) is 7.11 Å². The van der Waals surface area contributed by atoms with E-state index in [1.54, 1.807) is 31.5 Å². The molecule has 2 aromatic carbocycles. The molecular formula is C23H21N4O4P. The number of aryl methyl sites for hydroxylation is 1. The van der Waals surface area contributed by atoms with Gasteiger partial charge in [-0.15, -0.1) is 0 Å². The Bertz CT molecular complexity index is 1590. The zero-order valence-corrected chi connectivity index (χ0v) is 18.9. The molecule has 0 aliphatic carbocycles. The Morgan fingerprint density at radius 1 is 1.03 bits per heavy atom. The highest BCUT2D eigenvalue weighted by atomic mass is 31.2. The van der Waals surface area contributed by atoms with Crippen molar-refractivity contribution >= 4 is 29.3 Å². The van der Waals surface area contributed by atoms with Crippen molar-refractivity contribution in [1.82, 2.24) is 19.6 Å². The topological polar surface area (TPSA) is 102 Å². The maximum atomic E-state index is 13.7. The highest BCUT2D eigenvalue weighted by Crippen LogP contribution is 2.39. The van der Waals surface area contributed by atoms with Crippen molar-refractivity contribution in [2.45, 2.75) is 6.92 Å². The number of aromatic nitrogens is 4. The molecule has 0 atom stereocenters. The quantitative estimate of drug-likeness (QED) is 0.416. The molecule has 5 rings (SSSR count). The molecule has 0 aliphatic rings. The number of ether oxygens (including phenoxy) is 1. The fraction of sp³-hybridized carbons (Fsp3) is 0.174. The first-order chi connectivity index (χ1) is 15.3. The first-order valence-electron chi connectivity index (χ1n) is 10.00. The lowest BCUT2D eigenvalue weighted by atomic mass is 10.1. The number of oxazole rings is 1. The third-order valence-electron chi connectivity index (χ3n) is 5.33. The molecule has 0 saturated heterocycles. The van der Waals surface area contributed by atoms with Crippen molar-refractivity contribution in [2.75, 3.05) is 20.4 Å². The van der Waals surface area contributed by atoms with Gasteiger partial charge in [-0.05, 0) is 37.9 Å². The van der Waals surface area contributed by atoms with Crippen molar-refractivity contribution in [3.05, 3.63) is 64.6 Å². The second-order valence-electron chi connectivity index (χ2n) is 7.93. The average Bonchev–Trinajstić information content (AvgIpc) is 3.34. The molecule has 0 unspecified atom stereocenters. The standard InChI is InChI=1S/C23H21N4O4P/c1-13-17(14-9-6-5-7-10-14)20-25-22(32(3,4)29)18(23(28)27(20)26-13)21-24-19-15(30-2)11-8-12-16(19)31-21/h5-12,26H,1-4H3. The predicted octanol–water partition coefficient (Wildman–Crippen LogP) is 4.06. The lowest BCUT2D eigenvalue weighted by molar-refractivity contribution is 0.419. The molecule has 9 heteroatoms. The van der Waals surface area contributed by atoms with E-state index >= 15 is 0 Å². The minimum Gasteiger partial charge on any atom is -0.494 e. The number of rotatable bonds is 4. The van der Waals surface area contributed by atoms with Crippen LogP contribution in [0.5, 0.6) is 5.75 Å². The molecule has 162 valence electrons. The molecular weight excluding hydrogens is 427 g/mol. The maximum absolute atomic E-state index is 13.7. The van der Waals surface area contributed by atoms with Gasteiger partial charge in [-0.1, -0.05) is 36.4 Å². The third-order valence-corrected chi connectivity index (χ3v) is 6.67. The SMILES string of the molecule is COc1cccc2oc(-c3c(P(C)(C)=O)nc4c(-c5ccccc5)c(C)[nH]n4c3=O)nc12. The Hall–Kier alpha value is -3.64. The molecule has 0 aliphatic heterocycles. The highest BCUT2D eigenvalue weighted by molar-refractivity contribution is 7.70. The van der Waals surface area contributed by atoms with E-state index in [2.05, 4.69) is 10.1 Å². The van der Waals surface area contributed by atoms with Gasteiger partial charge in [-0.3, -0.25) is 9.89 Å². The van der Waals surface area contributed by atoms with Crippen LogP contribution < -0.4 is 15.7 Å². The number of fused-ring (bicyclic) bond motifs is 2. The number of nitrogens with zero attached hydrogens (tertiary/aromatic N) is 3. The van der Waals surface area contributed by atoms with Crippen molar-refractivity contribution < 1.29 is 13.7 Å². The monoisotopic (exact) mass is 448 g/mol. The summed E-state index contributed by atoms with van der Waals surface area (Å²) in [4.78, 5) is 22.9. The summed E-state index contributed by atoms with van der Waals surface area (Å²) in [6, 6.07) is 14.9. The summed E-state index contributed by atoms with van der Waals surface area (Å²) < 4.78 is 25.9. The molecule has 0 spiro atoms. The van der Waals surface area contributed by atoms with Gasteiger partial charge in [0.1, 0.15) is 23.9 Å². The number of H-pyrrole nitrogens is 1. The van der Waals surface area contributed by atoms with E-state index < -0.39 is 12.7 Å². The lowest BCUT2D eigenvalue weighted by Crippen LogP contribution is -2.28. The molecule has 8 nitrogen and oxygen atoms in total. The number of para-hydroxylation sites is 1. The van der Waals surface area contributed by atoms with Gasteiger partial charge in [0.2, 0.25) is 5.89 Å². The Kier molecular flexibility index (Phi) is 4.57. The molecule has 0 radical (unpaired) electrons. The molecule has 1 N–H and O–H groups in total. The molecule has 3 heterocycles. The largest absolute Gasteiger partial charge is 0.494 e. The Morgan fingerprint density at radius 2 is 1.78 bits per heavy atom. The first-order valence-corrected chi connectivity index (χ1v) is 12.6. The molecule has 0 amide bonds. The van der Waals surface area contributed by atoms with Crippen molar-refractivity contribution in [3.63, 3.8) is 0 Å². The number of benzene rings is 2.